The van der Waals surface area contributed by atoms with E-state index in [0.29, 0.717) is 16.5 Å². The van der Waals surface area contributed by atoms with Crippen LogP contribution >= 0.6 is 39.1 Å². The molecule has 6 aromatic carbocycles. The monoisotopic (exact) mass is 1130 g/mol. The van der Waals surface area contributed by atoms with Crippen LogP contribution < -0.4 is 0 Å². The number of benzene rings is 6. The maximum Gasteiger partial charge on any atom is 0.169 e. The van der Waals surface area contributed by atoms with Gasteiger partial charge in [0.1, 0.15) is 28.1 Å². The minimum absolute atomic E-state index is 0.228. The fourth-order valence-corrected chi connectivity index (χ4v) is 7.04. The molecule has 0 saturated carbocycles. The molecule has 0 N–H and O–H groups in total. The van der Waals surface area contributed by atoms with Gasteiger partial charge in [-0.2, -0.15) is 0 Å². The van der Waals surface area contributed by atoms with Crippen LogP contribution in [-0.4, -0.2) is 0 Å². The number of halogens is 5. The minimum atomic E-state index is -0.303. The van der Waals surface area contributed by atoms with E-state index in [9.17, 15) is 8.78 Å². The highest BCUT2D eigenvalue weighted by Crippen LogP contribution is 2.26. The molecule has 75 heavy (non-hydrogen) atoms. The molecular formula is C64H75BrCl2F2O6. The molecule has 0 radical (unpaired) electrons. The number of rotatable bonds is 2. The van der Waals surface area contributed by atoms with Crippen LogP contribution in [0.1, 0.15) is 115 Å². The first kappa shape index (κ1) is 66.5. The van der Waals surface area contributed by atoms with E-state index >= 15 is 0 Å². The Hall–Kier alpha value is -6.52. The Bertz CT molecular complexity index is 3060. The molecule has 0 amide bonds. The standard InChI is InChI=1S/C12H14O.C8H5BrO.2C8H5ClO.2C8H5FO.6C2H6/c1-3-9(2)10-4-5-12-11(8-10)6-7-13-12;2*9-7-1-2-8-6(5-7)3-4-10-8;9-7-3-1-2-6-4-5-10-8(6)7;9-7-1-2-8-6(5-7)3-4-10-8;9-7-3-1-2-6-4-5-10-8(6)7;6*1-2/h4-9H,3H2,1-2H3;5*1-5H;6*1-2H3. The van der Waals surface area contributed by atoms with E-state index in [1.165, 1.54) is 41.8 Å². The first-order chi connectivity index (χ1) is 36.6. The summed E-state index contributed by atoms with van der Waals surface area (Å²) in [5, 5.41) is 7.46. The van der Waals surface area contributed by atoms with Crippen LogP contribution in [0.5, 0.6) is 0 Å². The first-order valence-electron chi connectivity index (χ1n) is 25.7. The number of hydrogen-bond donors (Lipinski definition) is 0. The number of para-hydroxylation sites is 2. The second-order valence-corrected chi connectivity index (χ2v) is 15.8. The Labute approximate surface area is 461 Å². The van der Waals surface area contributed by atoms with E-state index < -0.39 is 0 Å². The van der Waals surface area contributed by atoms with Gasteiger partial charge in [-0.1, -0.05) is 166 Å². The zero-order chi connectivity index (χ0) is 56.1. The largest absolute Gasteiger partial charge is 0.464 e. The van der Waals surface area contributed by atoms with Crippen molar-refractivity contribution in [3.05, 3.63) is 215 Å². The van der Waals surface area contributed by atoms with Crippen LogP contribution in [0.15, 0.2) is 214 Å². The molecule has 6 nitrogen and oxygen atoms in total. The third kappa shape index (κ3) is 21.7. The van der Waals surface area contributed by atoms with E-state index in [1.807, 2.05) is 168 Å². The molecule has 0 bridgehead atoms. The van der Waals surface area contributed by atoms with Crippen LogP contribution in [0, 0.1) is 11.6 Å². The van der Waals surface area contributed by atoms with E-state index in [4.69, 9.17) is 49.7 Å². The van der Waals surface area contributed by atoms with Crippen molar-refractivity contribution in [2.45, 2.75) is 109 Å². The second-order valence-electron chi connectivity index (χ2n) is 14.0. The lowest BCUT2D eigenvalue weighted by Crippen LogP contribution is -1.89. The van der Waals surface area contributed by atoms with Crippen molar-refractivity contribution in [3.8, 4) is 0 Å². The zero-order valence-electron chi connectivity index (χ0n) is 45.9. The average molecular weight is 1130 g/mol. The lowest BCUT2D eigenvalue weighted by molar-refractivity contribution is 0.560. The van der Waals surface area contributed by atoms with Gasteiger partial charge in [0.25, 0.3) is 0 Å². The molecule has 402 valence electrons. The van der Waals surface area contributed by atoms with Crippen molar-refractivity contribution in [2.24, 2.45) is 0 Å². The summed E-state index contributed by atoms with van der Waals surface area (Å²) in [6, 6.07) is 44.1. The summed E-state index contributed by atoms with van der Waals surface area (Å²) in [4.78, 5) is 0. The van der Waals surface area contributed by atoms with Crippen molar-refractivity contribution in [1.29, 1.82) is 0 Å². The molecule has 0 fully saturated rings. The maximum atomic E-state index is 12.7. The van der Waals surface area contributed by atoms with Crippen LogP contribution in [0.25, 0.3) is 65.8 Å². The van der Waals surface area contributed by atoms with Gasteiger partial charge in [-0.3, -0.25) is 0 Å². The van der Waals surface area contributed by atoms with Crippen molar-refractivity contribution in [3.63, 3.8) is 0 Å². The van der Waals surface area contributed by atoms with Gasteiger partial charge in [0.2, 0.25) is 0 Å². The van der Waals surface area contributed by atoms with Gasteiger partial charge in [-0.25, -0.2) is 8.78 Å². The molecule has 6 heterocycles. The highest BCUT2D eigenvalue weighted by molar-refractivity contribution is 9.10. The van der Waals surface area contributed by atoms with Crippen molar-refractivity contribution < 1.29 is 35.3 Å². The summed E-state index contributed by atoms with van der Waals surface area (Å²) in [6.07, 6.45) is 10.9. The summed E-state index contributed by atoms with van der Waals surface area (Å²) in [7, 11) is 0. The Morgan fingerprint density at radius 3 is 1.32 bits per heavy atom. The van der Waals surface area contributed by atoms with E-state index in [-0.39, 0.29) is 11.6 Å². The molecule has 0 aliphatic heterocycles. The summed E-state index contributed by atoms with van der Waals surface area (Å²) < 4.78 is 56.8. The third-order valence-electron chi connectivity index (χ3n) is 9.76. The Kier molecular flexibility index (Phi) is 34.6. The van der Waals surface area contributed by atoms with Crippen LogP contribution in [0.3, 0.4) is 0 Å². The molecular weight excluding hydrogens is 1050 g/mol. The van der Waals surface area contributed by atoms with Crippen molar-refractivity contribution >= 4 is 105 Å². The minimum Gasteiger partial charge on any atom is -0.464 e. The predicted octanol–water partition coefficient (Wildman–Crippen LogP) is 24.6. The molecule has 12 rings (SSSR count). The molecule has 0 aliphatic carbocycles. The first-order valence-corrected chi connectivity index (χ1v) is 27.3. The van der Waals surface area contributed by atoms with Gasteiger partial charge in [-0.05, 0) is 133 Å². The highest BCUT2D eigenvalue weighted by Gasteiger charge is 2.05. The molecule has 11 heteroatoms. The number of furan rings is 6. The van der Waals surface area contributed by atoms with Crippen molar-refractivity contribution in [2.75, 3.05) is 0 Å². The molecule has 6 aromatic heterocycles. The lowest BCUT2D eigenvalue weighted by Gasteiger charge is -2.07. The normalized spacial score (nSPS) is 9.80. The van der Waals surface area contributed by atoms with Gasteiger partial charge in [-0.15, -0.1) is 0 Å². The quantitative estimate of drug-likeness (QED) is 0.172. The summed E-state index contributed by atoms with van der Waals surface area (Å²) in [5.74, 6) is 0.107. The van der Waals surface area contributed by atoms with Crippen LogP contribution in [0.4, 0.5) is 8.78 Å². The fourth-order valence-electron chi connectivity index (χ4n) is 6.25. The molecule has 0 aliphatic rings. The fraction of sp³-hybridized carbons (Fsp3) is 0.250. The number of fused-ring (bicyclic) bond motifs is 6. The van der Waals surface area contributed by atoms with Crippen LogP contribution in [0.2, 0.25) is 10.0 Å². The van der Waals surface area contributed by atoms with Gasteiger partial charge in [0, 0.05) is 41.8 Å². The van der Waals surface area contributed by atoms with E-state index in [2.05, 4.69) is 48.0 Å². The maximum absolute atomic E-state index is 12.7. The lowest BCUT2D eigenvalue weighted by atomic mass is 9.98. The zero-order valence-corrected chi connectivity index (χ0v) is 49.0. The van der Waals surface area contributed by atoms with Gasteiger partial charge < -0.3 is 26.5 Å². The summed E-state index contributed by atoms with van der Waals surface area (Å²) >= 11 is 14.9. The van der Waals surface area contributed by atoms with Crippen molar-refractivity contribution in [1.82, 2.24) is 0 Å². The molecule has 0 spiro atoms. The second kappa shape index (κ2) is 39.0. The Morgan fingerprint density at radius 1 is 0.413 bits per heavy atom. The van der Waals surface area contributed by atoms with Crippen LogP contribution in [-0.2, 0) is 0 Å². The highest BCUT2D eigenvalue weighted by atomic mass is 79.9. The van der Waals surface area contributed by atoms with E-state index in [0.717, 1.165) is 64.3 Å². The molecule has 12 aromatic rings. The number of hydrogen-bond acceptors (Lipinski definition) is 6. The summed E-state index contributed by atoms with van der Waals surface area (Å²) in [5.41, 5.74) is 6.02. The third-order valence-corrected chi connectivity index (χ3v) is 10.8. The SMILES string of the molecule is Brc1ccc2occc2c1.CC.CC.CC.CC.CC.CC.CCC(C)c1ccc2occc2c1.Clc1ccc2occc2c1.Clc1cccc2ccoc12.Fc1ccc2occc2c1.Fc1cccc2ccoc12. The Morgan fingerprint density at radius 2 is 0.813 bits per heavy atom. The van der Waals surface area contributed by atoms with Gasteiger partial charge in [0.15, 0.2) is 17.0 Å². The smallest absolute Gasteiger partial charge is 0.169 e. The molecule has 0 saturated heterocycles. The molecule has 1 unspecified atom stereocenters. The van der Waals surface area contributed by atoms with Gasteiger partial charge >= 0.3 is 0 Å². The Balaban J connectivity index is 0.000000433. The van der Waals surface area contributed by atoms with Gasteiger partial charge in [0.05, 0.1) is 42.6 Å². The average Bonchev–Trinajstić information content (AvgIpc) is 4.34. The summed E-state index contributed by atoms with van der Waals surface area (Å²) in [6.45, 7) is 28.5. The van der Waals surface area contributed by atoms with E-state index in [1.54, 1.807) is 55.6 Å². The molecule has 1 atom stereocenters. The topological polar surface area (TPSA) is 78.8 Å². The predicted molar refractivity (Wildman–Crippen MR) is 322 cm³/mol.